The number of aryl methyl sites for hydroxylation is 2. The van der Waals surface area contributed by atoms with Crippen LogP contribution in [-0.2, 0) is 12.8 Å². The summed E-state index contributed by atoms with van der Waals surface area (Å²) in [5.41, 5.74) is 3.68. The van der Waals surface area contributed by atoms with Gasteiger partial charge in [0, 0.05) is 18.1 Å². The zero-order valence-electron chi connectivity index (χ0n) is 13.7. The number of halogens is 3. The second-order valence-corrected chi connectivity index (χ2v) is 6.42. The number of carbonyl (C=O) groups is 1. The molecule has 1 aromatic heterocycles. The summed E-state index contributed by atoms with van der Waals surface area (Å²) in [5.74, 6) is -0.580. The lowest BCUT2D eigenvalue weighted by molar-refractivity contribution is -0.138. The minimum Gasteiger partial charge on any atom is -0.333 e. The lowest BCUT2D eigenvalue weighted by atomic mass is 9.89. The number of pyridine rings is 1. The molecule has 0 spiro atoms. The number of alkyl halides is 3. The first-order valence-corrected chi connectivity index (χ1v) is 8.00. The van der Waals surface area contributed by atoms with Crippen LogP contribution in [0.4, 0.5) is 13.2 Å². The summed E-state index contributed by atoms with van der Waals surface area (Å²) in [6.45, 7) is 0.642. The second kappa shape index (κ2) is 6.07. The van der Waals surface area contributed by atoms with E-state index in [4.69, 9.17) is 0 Å². The predicted molar refractivity (Wildman–Crippen MR) is 86.1 cm³/mol. The van der Waals surface area contributed by atoms with Crippen molar-refractivity contribution in [3.63, 3.8) is 0 Å². The highest BCUT2D eigenvalue weighted by molar-refractivity contribution is 6.07. The molecule has 0 atom stereocenters. The van der Waals surface area contributed by atoms with E-state index in [1.54, 1.807) is 0 Å². The minimum atomic E-state index is -4.41. The Hall–Kier alpha value is -2.11. The Morgan fingerprint density at radius 1 is 1.25 bits per heavy atom. The van der Waals surface area contributed by atoms with Gasteiger partial charge in [0.05, 0.1) is 11.1 Å². The summed E-state index contributed by atoms with van der Waals surface area (Å²) in [6, 6.07) is 5.57. The number of nitrogens with zero attached hydrogens (tertiary/aromatic N) is 2. The molecule has 1 aliphatic rings. The van der Waals surface area contributed by atoms with Crippen LogP contribution < -0.4 is 0 Å². The molecule has 0 radical (unpaired) electrons. The molecule has 0 saturated heterocycles. The Bertz CT molecular complexity index is 799. The van der Waals surface area contributed by atoms with E-state index in [1.165, 1.54) is 7.05 Å². The number of hydrogen-bond acceptors (Lipinski definition) is 2. The van der Waals surface area contributed by atoms with Gasteiger partial charge in [-0.3, -0.25) is 9.78 Å². The van der Waals surface area contributed by atoms with E-state index in [1.807, 2.05) is 25.1 Å². The Morgan fingerprint density at radius 2 is 1.96 bits per heavy atom. The first kappa shape index (κ1) is 16.7. The van der Waals surface area contributed by atoms with Gasteiger partial charge in [-0.05, 0) is 50.3 Å². The number of rotatable bonds is 2. The molecule has 0 aliphatic heterocycles. The molecule has 3 nitrogen and oxygen atoms in total. The monoisotopic (exact) mass is 336 g/mol. The Kier molecular flexibility index (Phi) is 4.24. The largest absolute Gasteiger partial charge is 0.406 e. The third-order valence-electron chi connectivity index (χ3n) is 4.39. The molecule has 2 aromatic rings. The zero-order chi connectivity index (χ0) is 17.5. The summed E-state index contributed by atoms with van der Waals surface area (Å²) in [5, 5.41) is 0.648. The normalized spacial score (nSPS) is 14.5. The molecule has 3 rings (SSSR count). The standard InChI is InChI=1S/C18H19F3N2O/c1-11-7-8-15-13(9-11)16(12-5-3-4-6-14(12)22-15)17(24)23(2)10-18(19,20)21/h7-9H,3-6,10H2,1-2H3. The van der Waals surface area contributed by atoms with E-state index < -0.39 is 18.6 Å². The number of hydrogen-bond donors (Lipinski definition) is 0. The third kappa shape index (κ3) is 3.23. The van der Waals surface area contributed by atoms with Crippen molar-refractivity contribution in [2.75, 3.05) is 13.6 Å². The van der Waals surface area contributed by atoms with Crippen LogP contribution in [0.1, 0.15) is 40.0 Å². The van der Waals surface area contributed by atoms with Gasteiger partial charge in [0.15, 0.2) is 0 Å². The van der Waals surface area contributed by atoms with Gasteiger partial charge in [-0.1, -0.05) is 11.6 Å². The predicted octanol–water partition coefficient (Wildman–Crippen LogP) is 4.06. The first-order valence-electron chi connectivity index (χ1n) is 8.00. The molecular weight excluding hydrogens is 317 g/mol. The summed E-state index contributed by atoms with van der Waals surface area (Å²) < 4.78 is 38.1. The average Bonchev–Trinajstić information content (AvgIpc) is 2.50. The maximum atomic E-state index is 12.8. The number of amides is 1. The van der Waals surface area contributed by atoms with Crippen LogP contribution in [0.3, 0.4) is 0 Å². The van der Waals surface area contributed by atoms with Crippen molar-refractivity contribution in [2.45, 2.75) is 38.8 Å². The summed E-state index contributed by atoms with van der Waals surface area (Å²) in [6.07, 6.45) is -1.04. The zero-order valence-corrected chi connectivity index (χ0v) is 13.7. The van der Waals surface area contributed by atoms with Crippen molar-refractivity contribution in [3.8, 4) is 0 Å². The molecule has 0 fully saturated rings. The molecule has 1 aliphatic carbocycles. The van der Waals surface area contributed by atoms with E-state index in [0.29, 0.717) is 22.9 Å². The van der Waals surface area contributed by atoms with Crippen LogP contribution in [0.15, 0.2) is 18.2 Å². The molecule has 0 saturated carbocycles. The molecule has 1 heterocycles. The smallest absolute Gasteiger partial charge is 0.333 e. The van der Waals surface area contributed by atoms with Crippen molar-refractivity contribution in [3.05, 3.63) is 40.6 Å². The van der Waals surface area contributed by atoms with E-state index in [-0.39, 0.29) is 0 Å². The molecule has 24 heavy (non-hydrogen) atoms. The summed E-state index contributed by atoms with van der Waals surface area (Å²) >= 11 is 0. The van der Waals surface area contributed by atoms with Gasteiger partial charge in [0.2, 0.25) is 0 Å². The first-order chi connectivity index (χ1) is 11.3. The highest BCUT2D eigenvalue weighted by Crippen LogP contribution is 2.31. The highest BCUT2D eigenvalue weighted by Gasteiger charge is 2.33. The number of aromatic nitrogens is 1. The fraction of sp³-hybridized carbons (Fsp3) is 0.444. The van der Waals surface area contributed by atoms with Crippen molar-refractivity contribution in [1.82, 2.24) is 9.88 Å². The molecule has 0 N–H and O–H groups in total. The van der Waals surface area contributed by atoms with Crippen molar-refractivity contribution < 1.29 is 18.0 Å². The van der Waals surface area contributed by atoms with Gasteiger partial charge in [-0.15, -0.1) is 0 Å². The van der Waals surface area contributed by atoms with Gasteiger partial charge >= 0.3 is 6.18 Å². The second-order valence-electron chi connectivity index (χ2n) is 6.42. The Morgan fingerprint density at radius 3 is 2.67 bits per heavy atom. The molecule has 1 amide bonds. The van der Waals surface area contributed by atoms with Crippen molar-refractivity contribution in [1.29, 1.82) is 0 Å². The molecular formula is C18H19F3N2O. The van der Waals surface area contributed by atoms with Gasteiger partial charge in [0.1, 0.15) is 6.54 Å². The van der Waals surface area contributed by atoms with Crippen LogP contribution in [0.25, 0.3) is 10.9 Å². The maximum absolute atomic E-state index is 12.8. The molecule has 0 bridgehead atoms. The van der Waals surface area contributed by atoms with Crippen LogP contribution in [0.5, 0.6) is 0 Å². The van der Waals surface area contributed by atoms with Gasteiger partial charge < -0.3 is 4.90 Å². The van der Waals surface area contributed by atoms with E-state index in [0.717, 1.165) is 41.0 Å². The number of benzene rings is 1. The van der Waals surface area contributed by atoms with E-state index in [9.17, 15) is 18.0 Å². The summed E-state index contributed by atoms with van der Waals surface area (Å²) in [7, 11) is 1.20. The van der Waals surface area contributed by atoms with E-state index >= 15 is 0 Å². The van der Waals surface area contributed by atoms with Crippen molar-refractivity contribution >= 4 is 16.8 Å². The lowest BCUT2D eigenvalue weighted by Crippen LogP contribution is -2.36. The lowest BCUT2D eigenvalue weighted by Gasteiger charge is -2.24. The fourth-order valence-corrected chi connectivity index (χ4v) is 3.31. The molecule has 128 valence electrons. The number of carbonyl (C=O) groups excluding carboxylic acids is 1. The van der Waals surface area contributed by atoms with E-state index in [2.05, 4.69) is 4.98 Å². The third-order valence-corrected chi connectivity index (χ3v) is 4.39. The van der Waals surface area contributed by atoms with Crippen molar-refractivity contribution in [2.24, 2.45) is 0 Å². The Balaban J connectivity index is 2.17. The highest BCUT2D eigenvalue weighted by atomic mass is 19.4. The minimum absolute atomic E-state index is 0.394. The van der Waals surface area contributed by atoms with Crippen LogP contribution in [0, 0.1) is 6.92 Å². The fourth-order valence-electron chi connectivity index (χ4n) is 3.31. The molecule has 0 unspecified atom stereocenters. The van der Waals surface area contributed by atoms with Gasteiger partial charge in [0.25, 0.3) is 5.91 Å². The average molecular weight is 336 g/mol. The molecule has 1 aromatic carbocycles. The van der Waals surface area contributed by atoms with Crippen LogP contribution in [0.2, 0.25) is 0 Å². The van der Waals surface area contributed by atoms with Crippen LogP contribution in [-0.4, -0.2) is 35.6 Å². The van der Waals surface area contributed by atoms with Gasteiger partial charge in [-0.2, -0.15) is 13.2 Å². The topological polar surface area (TPSA) is 33.2 Å². The SMILES string of the molecule is Cc1ccc2nc3c(c(C(=O)N(C)CC(F)(F)F)c2c1)CCCC3. The van der Waals surface area contributed by atoms with Gasteiger partial charge in [-0.25, -0.2) is 0 Å². The Labute approximate surface area is 138 Å². The van der Waals surface area contributed by atoms with Crippen LogP contribution >= 0.6 is 0 Å². The summed E-state index contributed by atoms with van der Waals surface area (Å²) in [4.78, 5) is 18.2. The quantitative estimate of drug-likeness (QED) is 0.829. The maximum Gasteiger partial charge on any atom is 0.406 e. The molecule has 6 heteroatoms. The number of fused-ring (bicyclic) bond motifs is 2.